The van der Waals surface area contributed by atoms with Crippen molar-refractivity contribution in [1.29, 1.82) is 0 Å². The predicted octanol–water partition coefficient (Wildman–Crippen LogP) is 4.16. The van der Waals surface area contributed by atoms with Crippen molar-refractivity contribution in [2.75, 3.05) is 10.6 Å². The Labute approximate surface area is 132 Å². The third kappa shape index (κ3) is 4.18. The van der Waals surface area contributed by atoms with E-state index in [9.17, 15) is 4.79 Å². The van der Waals surface area contributed by atoms with Gasteiger partial charge >= 0.3 is 5.97 Å². The van der Waals surface area contributed by atoms with E-state index in [2.05, 4.69) is 10.6 Å². The molecule has 0 atom stereocenters. The Morgan fingerprint density at radius 3 is 2.24 bits per heavy atom. The summed E-state index contributed by atoms with van der Waals surface area (Å²) in [5, 5.41) is 15.9. The Kier molecular flexibility index (Phi) is 4.77. The molecule has 21 heavy (non-hydrogen) atoms. The molecule has 0 aromatic heterocycles. The lowest BCUT2D eigenvalue weighted by Gasteiger charge is -2.11. The molecule has 0 amide bonds. The van der Waals surface area contributed by atoms with Gasteiger partial charge in [0, 0.05) is 16.4 Å². The molecule has 6 heteroatoms. The molecule has 108 valence electrons. The quantitative estimate of drug-likeness (QED) is 0.741. The van der Waals surface area contributed by atoms with E-state index in [4.69, 9.17) is 28.9 Å². The first-order chi connectivity index (χ1) is 9.95. The molecule has 0 aliphatic carbocycles. The van der Waals surface area contributed by atoms with Crippen molar-refractivity contribution >= 4 is 46.3 Å². The molecule has 2 aromatic rings. The smallest absolute Gasteiger partial charge is 0.335 e. The first-order valence-corrected chi connectivity index (χ1v) is 6.92. The van der Waals surface area contributed by atoms with E-state index < -0.39 is 5.97 Å². The second kappa shape index (κ2) is 6.56. The molecule has 0 aliphatic heterocycles. The fourth-order valence-corrected chi connectivity index (χ4v) is 2.08. The van der Waals surface area contributed by atoms with Gasteiger partial charge in [0.2, 0.25) is 0 Å². The molecule has 0 bridgehead atoms. The maximum Gasteiger partial charge on any atom is 0.335 e. The maximum atomic E-state index is 10.8. The normalized spacial score (nSPS) is 10.0. The summed E-state index contributed by atoms with van der Waals surface area (Å²) in [6.07, 6.45) is 0. The Morgan fingerprint density at radius 2 is 1.67 bits per heavy atom. The second-order valence-electron chi connectivity index (χ2n) is 4.43. The van der Waals surface area contributed by atoms with Crippen LogP contribution in [0.25, 0.3) is 0 Å². The molecule has 2 aromatic carbocycles. The van der Waals surface area contributed by atoms with E-state index in [-0.39, 0.29) is 5.56 Å². The van der Waals surface area contributed by atoms with Crippen LogP contribution in [0.3, 0.4) is 0 Å². The molecule has 3 N–H and O–H groups in total. The summed E-state index contributed by atoms with van der Waals surface area (Å²) < 4.78 is 0. The molecule has 0 spiro atoms. The number of thiocarbonyl (C=S) groups is 1. The van der Waals surface area contributed by atoms with Gasteiger partial charge in [0.25, 0.3) is 0 Å². The number of halogens is 1. The summed E-state index contributed by atoms with van der Waals surface area (Å²) in [7, 11) is 0. The number of carbonyl (C=O) groups is 1. The second-order valence-corrected chi connectivity index (χ2v) is 5.24. The summed E-state index contributed by atoms with van der Waals surface area (Å²) in [5.41, 5.74) is 2.70. The molecule has 0 radical (unpaired) electrons. The number of benzene rings is 2. The van der Waals surface area contributed by atoms with Gasteiger partial charge in [-0.05, 0) is 61.1 Å². The number of rotatable bonds is 3. The molecule has 0 fully saturated rings. The monoisotopic (exact) mass is 320 g/mol. The van der Waals surface area contributed by atoms with Crippen LogP contribution in [0.15, 0.2) is 42.5 Å². The molecular weight excluding hydrogens is 308 g/mol. The van der Waals surface area contributed by atoms with Gasteiger partial charge in [-0.25, -0.2) is 4.79 Å². The van der Waals surface area contributed by atoms with Crippen molar-refractivity contribution in [3.8, 4) is 0 Å². The zero-order chi connectivity index (χ0) is 15.4. The van der Waals surface area contributed by atoms with Crippen LogP contribution in [0.5, 0.6) is 0 Å². The van der Waals surface area contributed by atoms with Crippen molar-refractivity contribution in [2.24, 2.45) is 0 Å². The lowest BCUT2D eigenvalue weighted by molar-refractivity contribution is 0.0697. The molecular formula is C15H13ClN2O2S. The Morgan fingerprint density at radius 1 is 1.10 bits per heavy atom. The Balaban J connectivity index is 2.01. The van der Waals surface area contributed by atoms with E-state index in [1.807, 2.05) is 19.1 Å². The van der Waals surface area contributed by atoms with E-state index in [1.54, 1.807) is 18.2 Å². The van der Waals surface area contributed by atoms with Crippen molar-refractivity contribution in [2.45, 2.75) is 6.92 Å². The van der Waals surface area contributed by atoms with Crippen molar-refractivity contribution < 1.29 is 9.90 Å². The van der Waals surface area contributed by atoms with Crippen LogP contribution in [0.2, 0.25) is 5.02 Å². The molecule has 0 aliphatic rings. The van der Waals surface area contributed by atoms with Gasteiger partial charge in [-0.2, -0.15) is 0 Å². The molecule has 2 rings (SSSR count). The number of nitrogens with one attached hydrogen (secondary N) is 2. The summed E-state index contributed by atoms with van der Waals surface area (Å²) >= 11 is 11.2. The zero-order valence-corrected chi connectivity index (χ0v) is 12.8. The van der Waals surface area contributed by atoms with Gasteiger partial charge in [-0.1, -0.05) is 17.7 Å². The topological polar surface area (TPSA) is 61.4 Å². The summed E-state index contributed by atoms with van der Waals surface area (Å²) in [5.74, 6) is -0.962. The highest BCUT2D eigenvalue weighted by atomic mass is 35.5. The fourth-order valence-electron chi connectivity index (χ4n) is 1.66. The third-order valence-corrected chi connectivity index (χ3v) is 3.43. The van der Waals surface area contributed by atoms with Crippen LogP contribution in [0.4, 0.5) is 11.4 Å². The van der Waals surface area contributed by atoms with Crippen LogP contribution < -0.4 is 10.6 Å². The van der Waals surface area contributed by atoms with Crippen LogP contribution >= 0.6 is 23.8 Å². The van der Waals surface area contributed by atoms with Gasteiger partial charge in [-0.3, -0.25) is 0 Å². The number of hydrogen-bond donors (Lipinski definition) is 3. The first kappa shape index (κ1) is 15.3. The van der Waals surface area contributed by atoms with Crippen molar-refractivity contribution in [3.05, 3.63) is 58.6 Å². The highest BCUT2D eigenvalue weighted by molar-refractivity contribution is 7.80. The Bertz CT molecular complexity index is 687. The zero-order valence-electron chi connectivity index (χ0n) is 11.2. The van der Waals surface area contributed by atoms with Crippen LogP contribution in [-0.4, -0.2) is 16.2 Å². The molecule has 0 heterocycles. The standard InChI is InChI=1S/C15H13ClN2O2S/c1-9-2-5-12(8-13(9)16)18-15(21)17-11-6-3-10(4-7-11)14(19)20/h2-8H,1H3,(H,19,20)(H2,17,18,21). The van der Waals surface area contributed by atoms with Gasteiger partial charge in [-0.15, -0.1) is 0 Å². The number of carboxylic acids is 1. The van der Waals surface area contributed by atoms with Gasteiger partial charge in [0.15, 0.2) is 5.11 Å². The van der Waals surface area contributed by atoms with Crippen LogP contribution in [-0.2, 0) is 0 Å². The van der Waals surface area contributed by atoms with Gasteiger partial charge in [0.05, 0.1) is 5.56 Å². The number of hydrogen-bond acceptors (Lipinski definition) is 2. The molecule has 0 unspecified atom stereocenters. The minimum absolute atomic E-state index is 0.227. The van der Waals surface area contributed by atoms with Crippen LogP contribution in [0, 0.1) is 6.92 Å². The summed E-state index contributed by atoms with van der Waals surface area (Å²) in [6.45, 7) is 1.92. The predicted molar refractivity (Wildman–Crippen MR) is 89.4 cm³/mol. The lowest BCUT2D eigenvalue weighted by atomic mass is 10.2. The lowest BCUT2D eigenvalue weighted by Crippen LogP contribution is -2.19. The SMILES string of the molecule is Cc1ccc(NC(=S)Nc2ccc(C(=O)O)cc2)cc1Cl. The Hall–Kier alpha value is -2.11. The van der Waals surface area contributed by atoms with E-state index in [1.165, 1.54) is 12.1 Å². The highest BCUT2D eigenvalue weighted by Gasteiger charge is 2.04. The van der Waals surface area contributed by atoms with Crippen LogP contribution in [0.1, 0.15) is 15.9 Å². The maximum absolute atomic E-state index is 10.8. The first-order valence-electron chi connectivity index (χ1n) is 6.13. The number of aryl methyl sites for hydroxylation is 1. The minimum Gasteiger partial charge on any atom is -0.478 e. The van der Waals surface area contributed by atoms with Gasteiger partial charge in [0.1, 0.15) is 0 Å². The average molecular weight is 321 g/mol. The van der Waals surface area contributed by atoms with Crippen molar-refractivity contribution in [3.63, 3.8) is 0 Å². The molecule has 0 saturated heterocycles. The summed E-state index contributed by atoms with van der Waals surface area (Å²) in [4.78, 5) is 10.8. The number of carboxylic acid groups (broad SMARTS) is 1. The molecule has 4 nitrogen and oxygen atoms in total. The fraction of sp³-hybridized carbons (Fsp3) is 0.0667. The summed E-state index contributed by atoms with van der Waals surface area (Å²) in [6, 6.07) is 11.9. The average Bonchev–Trinajstić information content (AvgIpc) is 2.43. The minimum atomic E-state index is -0.962. The van der Waals surface area contributed by atoms with Crippen molar-refractivity contribution in [1.82, 2.24) is 0 Å². The highest BCUT2D eigenvalue weighted by Crippen LogP contribution is 2.20. The van der Waals surface area contributed by atoms with E-state index in [0.717, 1.165) is 11.3 Å². The van der Waals surface area contributed by atoms with Gasteiger partial charge < -0.3 is 15.7 Å². The number of aromatic carboxylic acids is 1. The number of anilines is 2. The van der Waals surface area contributed by atoms with E-state index >= 15 is 0 Å². The van der Waals surface area contributed by atoms with E-state index in [0.29, 0.717) is 15.8 Å². The third-order valence-electron chi connectivity index (χ3n) is 2.82. The largest absolute Gasteiger partial charge is 0.478 e. The molecule has 0 saturated carbocycles.